The fourth-order valence-corrected chi connectivity index (χ4v) is 3.05. The first kappa shape index (κ1) is 26.1. The summed E-state index contributed by atoms with van der Waals surface area (Å²) in [5, 5.41) is 7.75. The van der Waals surface area contributed by atoms with Gasteiger partial charge in [-0.3, -0.25) is 4.55 Å². The normalized spacial score (nSPS) is 11.2. The molecule has 0 saturated carbocycles. The van der Waals surface area contributed by atoms with Gasteiger partial charge < -0.3 is 10.8 Å². The van der Waals surface area contributed by atoms with Crippen LogP contribution in [0.5, 0.6) is 0 Å². The summed E-state index contributed by atoms with van der Waals surface area (Å²) < 4.78 is 29.6. The van der Waals surface area contributed by atoms with E-state index in [0.29, 0.717) is 13.0 Å². The number of unbranched alkanes of at least 4 members (excludes halogenated alkanes) is 13. The van der Waals surface area contributed by atoms with E-state index >= 15 is 0 Å². The number of aliphatic hydroxyl groups is 1. The number of hydrogen-bond acceptors (Lipinski definition) is 4. The fourth-order valence-electron chi connectivity index (χ4n) is 2.48. The molecular formula is C18H41NO4S. The first-order chi connectivity index (χ1) is 11.5. The average molecular weight is 368 g/mol. The van der Waals surface area contributed by atoms with Gasteiger partial charge in [0.2, 0.25) is 0 Å². The van der Waals surface area contributed by atoms with Gasteiger partial charge in [0.15, 0.2) is 0 Å². The fraction of sp³-hybridized carbons (Fsp3) is 1.00. The molecule has 0 aromatic heterocycles. The molecule has 0 unspecified atom stereocenters. The van der Waals surface area contributed by atoms with Crippen LogP contribution in [0.3, 0.4) is 0 Å². The van der Waals surface area contributed by atoms with Crippen molar-refractivity contribution in [3.8, 4) is 0 Å². The summed E-state index contributed by atoms with van der Waals surface area (Å²) in [4.78, 5) is 0. The van der Waals surface area contributed by atoms with Crippen LogP contribution in [0.25, 0.3) is 0 Å². The molecule has 0 amide bonds. The van der Waals surface area contributed by atoms with Crippen LogP contribution in [0, 0.1) is 0 Å². The van der Waals surface area contributed by atoms with E-state index in [1.807, 2.05) is 0 Å². The molecule has 0 aromatic carbocycles. The van der Waals surface area contributed by atoms with Gasteiger partial charge in [0.25, 0.3) is 10.1 Å². The van der Waals surface area contributed by atoms with Gasteiger partial charge in [-0.05, 0) is 6.42 Å². The van der Waals surface area contributed by atoms with E-state index in [0.717, 1.165) is 12.8 Å². The van der Waals surface area contributed by atoms with Gasteiger partial charge in [-0.25, -0.2) is 0 Å². The number of rotatable bonds is 16. The van der Waals surface area contributed by atoms with Crippen LogP contribution >= 0.6 is 0 Å². The molecule has 0 spiro atoms. The van der Waals surface area contributed by atoms with Gasteiger partial charge in [-0.2, -0.15) is 8.42 Å². The van der Waals surface area contributed by atoms with Crippen molar-refractivity contribution >= 4 is 10.1 Å². The Morgan fingerprint density at radius 3 is 1.25 bits per heavy atom. The van der Waals surface area contributed by atoms with Crippen LogP contribution < -0.4 is 5.73 Å². The Labute approximate surface area is 150 Å². The lowest BCUT2D eigenvalue weighted by molar-refractivity contribution is 0.306. The lowest BCUT2D eigenvalue weighted by Gasteiger charge is -2.03. The molecule has 5 nitrogen and oxygen atoms in total. The minimum absolute atomic E-state index is 0.0783. The third-order valence-electron chi connectivity index (χ3n) is 3.88. The van der Waals surface area contributed by atoms with E-state index in [1.54, 1.807) is 0 Å². The maximum Gasteiger partial charge on any atom is 0.264 e. The maximum absolute atomic E-state index is 10.5. The standard InChI is InChI=1S/C16H34O3S.C2H7NO/c1-2-3-4-5-6-7-8-9-10-11-12-13-14-15-16-20(17,18)19;3-1-2-4/h2-16H2,1H3,(H,17,18,19);4H,1-3H2. The molecule has 0 bridgehead atoms. The smallest absolute Gasteiger partial charge is 0.264 e. The van der Waals surface area contributed by atoms with Crippen LogP contribution in [0.2, 0.25) is 0 Å². The summed E-state index contributed by atoms with van der Waals surface area (Å²) in [6.07, 6.45) is 17.4. The second-order valence-corrected chi connectivity index (χ2v) is 7.97. The van der Waals surface area contributed by atoms with Crippen molar-refractivity contribution in [1.29, 1.82) is 0 Å². The van der Waals surface area contributed by atoms with Gasteiger partial charge in [0, 0.05) is 6.54 Å². The van der Waals surface area contributed by atoms with Crippen LogP contribution in [0.4, 0.5) is 0 Å². The molecule has 0 aliphatic carbocycles. The minimum Gasteiger partial charge on any atom is -0.395 e. The van der Waals surface area contributed by atoms with Crippen molar-refractivity contribution in [1.82, 2.24) is 0 Å². The van der Waals surface area contributed by atoms with Crippen LogP contribution in [0.15, 0.2) is 0 Å². The third kappa shape index (κ3) is 29.8. The Bertz CT molecular complexity index is 319. The topological polar surface area (TPSA) is 101 Å². The van der Waals surface area contributed by atoms with Gasteiger partial charge in [0.1, 0.15) is 0 Å². The Hall–Kier alpha value is -0.170. The highest BCUT2D eigenvalue weighted by Gasteiger charge is 2.02. The summed E-state index contributed by atoms with van der Waals surface area (Å²) in [6.45, 7) is 2.72. The summed E-state index contributed by atoms with van der Waals surface area (Å²) in [6, 6.07) is 0. The van der Waals surface area contributed by atoms with E-state index in [-0.39, 0.29) is 12.4 Å². The number of nitrogens with two attached hydrogens (primary N) is 1. The highest BCUT2D eigenvalue weighted by Crippen LogP contribution is 2.13. The first-order valence-corrected chi connectivity index (χ1v) is 11.3. The molecule has 4 N–H and O–H groups in total. The highest BCUT2D eigenvalue weighted by atomic mass is 32.2. The summed E-state index contributed by atoms with van der Waals surface area (Å²) in [7, 11) is -3.74. The molecule has 148 valence electrons. The number of aliphatic hydroxyl groups excluding tert-OH is 1. The summed E-state index contributed by atoms with van der Waals surface area (Å²) in [5.74, 6) is -0.0783. The van der Waals surface area contributed by atoms with E-state index in [1.165, 1.54) is 70.6 Å². The van der Waals surface area contributed by atoms with Crippen LogP contribution in [-0.2, 0) is 10.1 Å². The molecular weight excluding hydrogens is 326 g/mol. The van der Waals surface area contributed by atoms with E-state index in [9.17, 15) is 8.42 Å². The van der Waals surface area contributed by atoms with Crippen molar-refractivity contribution in [2.75, 3.05) is 18.9 Å². The van der Waals surface area contributed by atoms with Gasteiger partial charge >= 0.3 is 0 Å². The van der Waals surface area contributed by atoms with Gasteiger partial charge in [0.05, 0.1) is 12.4 Å². The SMILES string of the molecule is CCCCCCCCCCCCCCCCS(=O)(=O)O.NCCO. The Balaban J connectivity index is 0. The molecule has 0 fully saturated rings. The zero-order valence-electron chi connectivity index (χ0n) is 15.7. The summed E-state index contributed by atoms with van der Waals surface area (Å²) in [5.41, 5.74) is 4.78. The Morgan fingerprint density at radius 2 is 1.00 bits per heavy atom. The molecule has 0 heterocycles. The average Bonchev–Trinajstić information content (AvgIpc) is 2.54. The maximum atomic E-state index is 10.5. The van der Waals surface area contributed by atoms with E-state index < -0.39 is 10.1 Å². The molecule has 24 heavy (non-hydrogen) atoms. The molecule has 6 heteroatoms. The number of hydrogen-bond donors (Lipinski definition) is 3. The zero-order valence-corrected chi connectivity index (χ0v) is 16.5. The second-order valence-electron chi connectivity index (χ2n) is 6.39. The van der Waals surface area contributed by atoms with Crippen molar-refractivity contribution in [2.24, 2.45) is 5.73 Å². The second kappa shape index (κ2) is 20.9. The van der Waals surface area contributed by atoms with Gasteiger partial charge in [-0.15, -0.1) is 0 Å². The molecule has 0 aromatic rings. The van der Waals surface area contributed by atoms with E-state index in [2.05, 4.69) is 6.92 Å². The van der Waals surface area contributed by atoms with E-state index in [4.69, 9.17) is 15.4 Å². The molecule has 0 rings (SSSR count). The lowest BCUT2D eigenvalue weighted by Crippen LogP contribution is -2.03. The monoisotopic (exact) mass is 367 g/mol. The molecule has 0 atom stereocenters. The predicted octanol–water partition coefficient (Wildman–Crippen LogP) is 4.29. The minimum atomic E-state index is -3.74. The molecule has 0 saturated heterocycles. The molecule has 0 aliphatic rings. The van der Waals surface area contributed by atoms with Crippen LogP contribution in [-0.4, -0.2) is 37.0 Å². The Kier molecular flexibility index (Phi) is 22.7. The molecule has 0 radical (unpaired) electrons. The molecule has 0 aliphatic heterocycles. The lowest BCUT2D eigenvalue weighted by atomic mass is 10.0. The van der Waals surface area contributed by atoms with Crippen molar-refractivity contribution in [3.05, 3.63) is 0 Å². The quantitative estimate of drug-likeness (QED) is 0.279. The van der Waals surface area contributed by atoms with Crippen LogP contribution in [0.1, 0.15) is 96.8 Å². The first-order valence-electron chi connectivity index (χ1n) is 9.74. The zero-order chi connectivity index (χ0) is 18.5. The largest absolute Gasteiger partial charge is 0.395 e. The van der Waals surface area contributed by atoms with Crippen molar-refractivity contribution in [3.63, 3.8) is 0 Å². The summed E-state index contributed by atoms with van der Waals surface area (Å²) >= 11 is 0. The van der Waals surface area contributed by atoms with Crippen molar-refractivity contribution < 1.29 is 18.1 Å². The van der Waals surface area contributed by atoms with Gasteiger partial charge in [-0.1, -0.05) is 90.4 Å². The highest BCUT2D eigenvalue weighted by molar-refractivity contribution is 7.85. The predicted molar refractivity (Wildman–Crippen MR) is 103 cm³/mol. The Morgan fingerprint density at radius 1 is 0.708 bits per heavy atom. The van der Waals surface area contributed by atoms with Crippen molar-refractivity contribution in [2.45, 2.75) is 96.8 Å². The third-order valence-corrected chi connectivity index (χ3v) is 4.69.